The summed E-state index contributed by atoms with van der Waals surface area (Å²) in [6.07, 6.45) is 3.38. The van der Waals surface area contributed by atoms with E-state index >= 15 is 0 Å². The third-order valence-electron chi connectivity index (χ3n) is 4.89. The molecule has 2 aliphatic rings. The summed E-state index contributed by atoms with van der Waals surface area (Å²) >= 11 is 0. The molecule has 0 bridgehead atoms. The Morgan fingerprint density at radius 3 is 2.80 bits per heavy atom. The van der Waals surface area contributed by atoms with E-state index in [4.69, 9.17) is 10.5 Å². The minimum atomic E-state index is 0.0790. The molecular weight excluding hydrogens is 254 g/mol. The Kier molecular flexibility index (Phi) is 3.69. The number of hydrogen-bond acceptors (Lipinski definition) is 5. The molecule has 3 N–H and O–H groups in total. The summed E-state index contributed by atoms with van der Waals surface area (Å²) in [6, 6.07) is 0. The second-order valence-corrected chi connectivity index (χ2v) is 6.58. The first-order valence-electron chi connectivity index (χ1n) is 7.60. The molecule has 3 heterocycles. The molecule has 2 unspecified atom stereocenters. The minimum Gasteiger partial charge on any atom is -0.370 e. The van der Waals surface area contributed by atoms with Gasteiger partial charge in [0.15, 0.2) is 5.82 Å². The molecular formula is C14H25N5O. The molecule has 1 aromatic heterocycles. The maximum Gasteiger partial charge on any atom is 0.244 e. The van der Waals surface area contributed by atoms with Crippen LogP contribution in [0.3, 0.4) is 0 Å². The molecule has 20 heavy (non-hydrogen) atoms. The Morgan fingerprint density at radius 1 is 1.45 bits per heavy atom. The highest BCUT2D eigenvalue weighted by molar-refractivity contribution is 5.30. The predicted molar refractivity (Wildman–Crippen MR) is 77.5 cm³/mol. The highest BCUT2D eigenvalue weighted by Crippen LogP contribution is 2.34. The van der Waals surface area contributed by atoms with Crippen LogP contribution in [0, 0.1) is 11.3 Å². The molecule has 0 radical (unpaired) electrons. The third kappa shape index (κ3) is 2.54. The van der Waals surface area contributed by atoms with E-state index in [1.54, 1.807) is 0 Å². The van der Waals surface area contributed by atoms with E-state index in [0.717, 1.165) is 57.3 Å². The smallest absolute Gasteiger partial charge is 0.244 e. The standard InChI is InChI=1S/C14H25N5O/c1-10-3-8-20-11(10)12-16-13(18-17-12)19-6-4-14(2,9-15)5-7-19/h10-11H,3-9,15H2,1-2H3,(H,16,17,18). The summed E-state index contributed by atoms with van der Waals surface area (Å²) in [5.74, 6) is 2.19. The number of anilines is 1. The van der Waals surface area contributed by atoms with Crippen LogP contribution in [-0.2, 0) is 4.74 Å². The summed E-state index contributed by atoms with van der Waals surface area (Å²) in [5.41, 5.74) is 6.13. The number of H-pyrrole nitrogens is 1. The Morgan fingerprint density at radius 2 is 2.20 bits per heavy atom. The van der Waals surface area contributed by atoms with Gasteiger partial charge in [0.2, 0.25) is 5.95 Å². The lowest BCUT2D eigenvalue weighted by molar-refractivity contribution is 0.0876. The number of ether oxygens (including phenoxy) is 1. The fourth-order valence-electron chi connectivity index (χ4n) is 3.03. The van der Waals surface area contributed by atoms with E-state index in [2.05, 4.69) is 33.9 Å². The Labute approximate surface area is 120 Å². The summed E-state index contributed by atoms with van der Waals surface area (Å²) < 4.78 is 5.73. The number of aromatic amines is 1. The topological polar surface area (TPSA) is 80.1 Å². The lowest BCUT2D eigenvalue weighted by atomic mass is 9.81. The molecule has 3 rings (SSSR count). The van der Waals surface area contributed by atoms with Gasteiger partial charge in [-0.3, -0.25) is 5.10 Å². The number of nitrogens with one attached hydrogen (secondary N) is 1. The van der Waals surface area contributed by atoms with Crippen LogP contribution in [0.4, 0.5) is 5.95 Å². The molecule has 6 heteroatoms. The first kappa shape index (κ1) is 13.8. The van der Waals surface area contributed by atoms with Crippen molar-refractivity contribution in [2.24, 2.45) is 17.1 Å². The zero-order chi connectivity index (χ0) is 14.2. The average molecular weight is 279 g/mol. The van der Waals surface area contributed by atoms with E-state index in [0.29, 0.717) is 5.92 Å². The minimum absolute atomic E-state index is 0.0790. The highest BCUT2D eigenvalue weighted by Gasteiger charge is 2.32. The van der Waals surface area contributed by atoms with Crippen LogP contribution in [0.1, 0.15) is 45.0 Å². The lowest BCUT2D eigenvalue weighted by Crippen LogP contribution is -2.42. The van der Waals surface area contributed by atoms with Crippen LogP contribution < -0.4 is 10.6 Å². The van der Waals surface area contributed by atoms with Gasteiger partial charge in [0.25, 0.3) is 0 Å². The van der Waals surface area contributed by atoms with Crippen LogP contribution >= 0.6 is 0 Å². The average Bonchev–Trinajstić information content (AvgIpc) is 3.08. The lowest BCUT2D eigenvalue weighted by Gasteiger charge is -2.38. The van der Waals surface area contributed by atoms with Gasteiger partial charge in [-0.25, -0.2) is 0 Å². The summed E-state index contributed by atoms with van der Waals surface area (Å²) in [4.78, 5) is 6.89. The van der Waals surface area contributed by atoms with E-state index in [-0.39, 0.29) is 11.5 Å². The van der Waals surface area contributed by atoms with Crippen molar-refractivity contribution in [2.45, 2.75) is 39.2 Å². The maximum absolute atomic E-state index is 5.85. The van der Waals surface area contributed by atoms with Gasteiger partial charge in [-0.2, -0.15) is 4.98 Å². The van der Waals surface area contributed by atoms with Crippen molar-refractivity contribution in [3.05, 3.63) is 5.82 Å². The molecule has 6 nitrogen and oxygen atoms in total. The van der Waals surface area contributed by atoms with Crippen molar-refractivity contribution in [1.82, 2.24) is 15.2 Å². The van der Waals surface area contributed by atoms with E-state index in [1.807, 2.05) is 0 Å². The second-order valence-electron chi connectivity index (χ2n) is 6.58. The van der Waals surface area contributed by atoms with Gasteiger partial charge in [0.1, 0.15) is 6.10 Å². The van der Waals surface area contributed by atoms with E-state index in [9.17, 15) is 0 Å². The molecule has 2 saturated heterocycles. The highest BCUT2D eigenvalue weighted by atomic mass is 16.5. The number of nitrogens with two attached hydrogens (primary N) is 1. The number of nitrogens with zero attached hydrogens (tertiary/aromatic N) is 3. The second kappa shape index (κ2) is 5.33. The molecule has 0 aliphatic carbocycles. The van der Waals surface area contributed by atoms with Gasteiger partial charge in [-0.15, -0.1) is 5.10 Å². The maximum atomic E-state index is 5.85. The quantitative estimate of drug-likeness (QED) is 0.875. The third-order valence-corrected chi connectivity index (χ3v) is 4.89. The molecule has 112 valence electrons. The SMILES string of the molecule is CC1CCOC1c1nc(N2CCC(C)(CN)CC2)n[nH]1. The molecule has 2 fully saturated rings. The first-order chi connectivity index (χ1) is 9.61. The van der Waals surface area contributed by atoms with Crippen LogP contribution in [-0.4, -0.2) is 41.4 Å². The summed E-state index contributed by atoms with van der Waals surface area (Å²) in [6.45, 7) is 8.00. The number of rotatable bonds is 3. The van der Waals surface area contributed by atoms with E-state index < -0.39 is 0 Å². The van der Waals surface area contributed by atoms with Crippen LogP contribution in [0.25, 0.3) is 0 Å². The van der Waals surface area contributed by atoms with Crippen molar-refractivity contribution in [1.29, 1.82) is 0 Å². The van der Waals surface area contributed by atoms with Gasteiger partial charge in [-0.1, -0.05) is 13.8 Å². The Bertz CT molecular complexity index is 452. The Hall–Kier alpha value is -1.14. The van der Waals surface area contributed by atoms with Gasteiger partial charge >= 0.3 is 0 Å². The number of piperidine rings is 1. The summed E-state index contributed by atoms with van der Waals surface area (Å²) in [5, 5.41) is 7.43. The summed E-state index contributed by atoms with van der Waals surface area (Å²) in [7, 11) is 0. The molecule has 2 atom stereocenters. The van der Waals surface area contributed by atoms with E-state index in [1.165, 1.54) is 0 Å². The number of aromatic nitrogens is 3. The molecule has 0 aromatic carbocycles. The zero-order valence-corrected chi connectivity index (χ0v) is 12.4. The monoisotopic (exact) mass is 279 g/mol. The normalized spacial score (nSPS) is 29.9. The van der Waals surface area contributed by atoms with Crippen molar-refractivity contribution in [3.8, 4) is 0 Å². The molecule has 2 aliphatic heterocycles. The van der Waals surface area contributed by atoms with Crippen molar-refractivity contribution < 1.29 is 4.74 Å². The van der Waals surface area contributed by atoms with Gasteiger partial charge in [0.05, 0.1) is 0 Å². The number of hydrogen-bond donors (Lipinski definition) is 2. The van der Waals surface area contributed by atoms with Crippen LogP contribution in [0.5, 0.6) is 0 Å². The fraction of sp³-hybridized carbons (Fsp3) is 0.857. The molecule has 0 amide bonds. The van der Waals surface area contributed by atoms with Gasteiger partial charge in [0, 0.05) is 19.7 Å². The molecule has 0 saturated carbocycles. The van der Waals surface area contributed by atoms with Crippen LogP contribution in [0.15, 0.2) is 0 Å². The zero-order valence-electron chi connectivity index (χ0n) is 12.4. The van der Waals surface area contributed by atoms with Crippen LogP contribution in [0.2, 0.25) is 0 Å². The molecule has 0 spiro atoms. The molecule has 1 aromatic rings. The van der Waals surface area contributed by atoms with Gasteiger partial charge in [-0.05, 0) is 37.1 Å². The fourth-order valence-corrected chi connectivity index (χ4v) is 3.03. The largest absolute Gasteiger partial charge is 0.370 e. The predicted octanol–water partition coefficient (Wildman–Crippen LogP) is 1.47. The first-order valence-corrected chi connectivity index (χ1v) is 7.60. The van der Waals surface area contributed by atoms with Crippen molar-refractivity contribution >= 4 is 5.95 Å². The Balaban J connectivity index is 1.66. The van der Waals surface area contributed by atoms with Crippen molar-refractivity contribution in [2.75, 3.05) is 31.1 Å². The van der Waals surface area contributed by atoms with Crippen molar-refractivity contribution in [3.63, 3.8) is 0 Å². The van der Waals surface area contributed by atoms with Gasteiger partial charge < -0.3 is 15.4 Å².